The predicted octanol–water partition coefficient (Wildman–Crippen LogP) is 3.75. The molecule has 0 radical (unpaired) electrons. The van der Waals surface area contributed by atoms with Gasteiger partial charge in [0.1, 0.15) is 0 Å². The standard InChI is InChI=1S/C13H26O/c1-3-11-6-5-7-12(10-11)8-9-13(14)4-2/h11-14H,3-10H2,1-2H3. The summed E-state index contributed by atoms with van der Waals surface area (Å²) in [6.07, 6.45) is 10.2. The van der Waals surface area contributed by atoms with Crippen LogP contribution >= 0.6 is 0 Å². The minimum absolute atomic E-state index is 0.0444. The summed E-state index contributed by atoms with van der Waals surface area (Å²) >= 11 is 0. The normalized spacial score (nSPS) is 30.2. The Morgan fingerprint density at radius 1 is 1.21 bits per heavy atom. The van der Waals surface area contributed by atoms with Crippen molar-refractivity contribution in [1.82, 2.24) is 0 Å². The molecular formula is C13H26O. The van der Waals surface area contributed by atoms with Crippen LogP contribution in [0.5, 0.6) is 0 Å². The molecule has 0 saturated heterocycles. The lowest BCUT2D eigenvalue weighted by Gasteiger charge is -2.28. The van der Waals surface area contributed by atoms with E-state index in [-0.39, 0.29) is 6.10 Å². The van der Waals surface area contributed by atoms with Gasteiger partial charge in [-0.05, 0) is 37.5 Å². The summed E-state index contributed by atoms with van der Waals surface area (Å²) in [6, 6.07) is 0. The molecule has 0 aromatic rings. The van der Waals surface area contributed by atoms with Crippen LogP contribution in [0.3, 0.4) is 0 Å². The molecule has 1 aliphatic carbocycles. The first-order valence-corrected chi connectivity index (χ1v) is 6.44. The highest BCUT2D eigenvalue weighted by molar-refractivity contribution is 4.73. The van der Waals surface area contributed by atoms with E-state index in [0.717, 1.165) is 24.7 Å². The Morgan fingerprint density at radius 2 is 1.93 bits per heavy atom. The largest absolute Gasteiger partial charge is 0.393 e. The molecule has 0 heterocycles. The fourth-order valence-electron chi connectivity index (χ4n) is 2.67. The van der Waals surface area contributed by atoms with E-state index in [4.69, 9.17) is 0 Å². The van der Waals surface area contributed by atoms with Crippen molar-refractivity contribution >= 4 is 0 Å². The second-order valence-electron chi connectivity index (χ2n) is 4.95. The van der Waals surface area contributed by atoms with E-state index >= 15 is 0 Å². The van der Waals surface area contributed by atoms with Gasteiger partial charge in [0.25, 0.3) is 0 Å². The lowest BCUT2D eigenvalue weighted by Crippen LogP contribution is -2.17. The van der Waals surface area contributed by atoms with Crippen molar-refractivity contribution < 1.29 is 5.11 Å². The summed E-state index contributed by atoms with van der Waals surface area (Å²) in [6.45, 7) is 4.38. The van der Waals surface area contributed by atoms with Crippen LogP contribution in [-0.2, 0) is 0 Å². The summed E-state index contributed by atoms with van der Waals surface area (Å²) in [5.74, 6) is 1.89. The maximum absolute atomic E-state index is 9.51. The van der Waals surface area contributed by atoms with Crippen molar-refractivity contribution in [3.8, 4) is 0 Å². The van der Waals surface area contributed by atoms with Gasteiger partial charge in [-0.1, -0.05) is 39.5 Å². The first kappa shape index (κ1) is 12.0. The van der Waals surface area contributed by atoms with E-state index in [2.05, 4.69) is 13.8 Å². The number of aliphatic hydroxyl groups excluding tert-OH is 1. The third-order valence-corrected chi connectivity index (χ3v) is 3.85. The zero-order chi connectivity index (χ0) is 10.4. The average Bonchev–Trinajstić information content (AvgIpc) is 2.26. The van der Waals surface area contributed by atoms with E-state index in [9.17, 15) is 5.11 Å². The minimum Gasteiger partial charge on any atom is -0.393 e. The summed E-state index contributed by atoms with van der Waals surface area (Å²) in [7, 11) is 0. The number of rotatable bonds is 5. The monoisotopic (exact) mass is 198 g/mol. The summed E-state index contributed by atoms with van der Waals surface area (Å²) in [4.78, 5) is 0. The van der Waals surface area contributed by atoms with Gasteiger partial charge < -0.3 is 5.11 Å². The van der Waals surface area contributed by atoms with Gasteiger partial charge in [-0.2, -0.15) is 0 Å². The number of hydrogen-bond acceptors (Lipinski definition) is 1. The van der Waals surface area contributed by atoms with Gasteiger partial charge in [0, 0.05) is 0 Å². The Morgan fingerprint density at radius 3 is 2.57 bits per heavy atom. The van der Waals surface area contributed by atoms with Crippen LogP contribution in [0.25, 0.3) is 0 Å². The van der Waals surface area contributed by atoms with Crippen LogP contribution in [0, 0.1) is 11.8 Å². The Kier molecular flexibility index (Phi) is 5.54. The molecule has 0 aliphatic heterocycles. The van der Waals surface area contributed by atoms with Crippen molar-refractivity contribution in [3.05, 3.63) is 0 Å². The van der Waals surface area contributed by atoms with Gasteiger partial charge in [-0.3, -0.25) is 0 Å². The van der Waals surface area contributed by atoms with Gasteiger partial charge in [-0.25, -0.2) is 0 Å². The van der Waals surface area contributed by atoms with Gasteiger partial charge in [0.2, 0.25) is 0 Å². The topological polar surface area (TPSA) is 20.2 Å². The summed E-state index contributed by atoms with van der Waals surface area (Å²) in [5.41, 5.74) is 0. The molecule has 0 bridgehead atoms. The summed E-state index contributed by atoms with van der Waals surface area (Å²) < 4.78 is 0. The number of hydrogen-bond donors (Lipinski definition) is 1. The van der Waals surface area contributed by atoms with Crippen molar-refractivity contribution in [2.45, 2.75) is 71.3 Å². The van der Waals surface area contributed by atoms with E-state index in [0.29, 0.717) is 0 Å². The minimum atomic E-state index is -0.0444. The highest BCUT2D eigenvalue weighted by Gasteiger charge is 2.20. The lowest BCUT2D eigenvalue weighted by atomic mass is 9.78. The molecule has 0 aromatic heterocycles. The molecule has 1 aliphatic rings. The third-order valence-electron chi connectivity index (χ3n) is 3.85. The molecule has 1 heteroatoms. The van der Waals surface area contributed by atoms with E-state index in [1.165, 1.54) is 38.5 Å². The molecule has 0 amide bonds. The van der Waals surface area contributed by atoms with Gasteiger partial charge in [-0.15, -0.1) is 0 Å². The molecular weight excluding hydrogens is 172 g/mol. The van der Waals surface area contributed by atoms with Crippen molar-refractivity contribution in [1.29, 1.82) is 0 Å². The molecule has 3 atom stereocenters. The highest BCUT2D eigenvalue weighted by Crippen LogP contribution is 2.33. The summed E-state index contributed by atoms with van der Waals surface area (Å²) in [5, 5.41) is 9.51. The van der Waals surface area contributed by atoms with Crippen LogP contribution in [-0.4, -0.2) is 11.2 Å². The van der Waals surface area contributed by atoms with Crippen LogP contribution in [0.15, 0.2) is 0 Å². The molecule has 3 unspecified atom stereocenters. The SMILES string of the molecule is CCC(O)CCC1CCCC(CC)C1. The Hall–Kier alpha value is -0.0400. The van der Waals surface area contributed by atoms with Crippen LogP contribution in [0.1, 0.15) is 65.2 Å². The first-order chi connectivity index (χ1) is 6.76. The van der Waals surface area contributed by atoms with E-state index in [1.54, 1.807) is 0 Å². The van der Waals surface area contributed by atoms with Crippen LogP contribution in [0.2, 0.25) is 0 Å². The smallest absolute Gasteiger partial charge is 0.0537 e. The molecule has 1 N–H and O–H groups in total. The zero-order valence-electron chi connectivity index (χ0n) is 9.84. The van der Waals surface area contributed by atoms with Gasteiger partial charge in [0.05, 0.1) is 6.10 Å². The second-order valence-corrected chi connectivity index (χ2v) is 4.95. The van der Waals surface area contributed by atoms with Crippen molar-refractivity contribution in [2.24, 2.45) is 11.8 Å². The van der Waals surface area contributed by atoms with Crippen molar-refractivity contribution in [3.63, 3.8) is 0 Å². The van der Waals surface area contributed by atoms with Crippen LogP contribution < -0.4 is 0 Å². The zero-order valence-corrected chi connectivity index (χ0v) is 9.84. The third kappa shape index (κ3) is 4.00. The maximum atomic E-state index is 9.51. The lowest BCUT2D eigenvalue weighted by molar-refractivity contribution is 0.139. The quantitative estimate of drug-likeness (QED) is 0.713. The first-order valence-electron chi connectivity index (χ1n) is 6.44. The number of aliphatic hydroxyl groups is 1. The van der Waals surface area contributed by atoms with Crippen LogP contribution in [0.4, 0.5) is 0 Å². The molecule has 14 heavy (non-hydrogen) atoms. The highest BCUT2D eigenvalue weighted by atomic mass is 16.3. The van der Waals surface area contributed by atoms with Crippen molar-refractivity contribution in [2.75, 3.05) is 0 Å². The fourth-order valence-corrected chi connectivity index (χ4v) is 2.67. The molecule has 1 fully saturated rings. The molecule has 0 aromatic carbocycles. The Bertz CT molecular complexity index is 144. The second kappa shape index (κ2) is 6.44. The molecule has 84 valence electrons. The molecule has 1 saturated carbocycles. The average molecular weight is 198 g/mol. The Labute approximate surface area is 88.9 Å². The van der Waals surface area contributed by atoms with E-state index in [1.807, 2.05) is 0 Å². The van der Waals surface area contributed by atoms with E-state index < -0.39 is 0 Å². The maximum Gasteiger partial charge on any atom is 0.0537 e. The molecule has 0 spiro atoms. The molecule has 1 nitrogen and oxygen atoms in total. The Balaban J connectivity index is 2.17. The predicted molar refractivity (Wildman–Crippen MR) is 61.3 cm³/mol. The van der Waals surface area contributed by atoms with Gasteiger partial charge >= 0.3 is 0 Å². The fraction of sp³-hybridized carbons (Fsp3) is 1.00. The molecule has 1 rings (SSSR count). The van der Waals surface area contributed by atoms with Gasteiger partial charge in [0.15, 0.2) is 0 Å².